The van der Waals surface area contributed by atoms with Gasteiger partial charge >= 0.3 is 0 Å². The maximum atomic E-state index is 5.48. The van der Waals surface area contributed by atoms with Crippen LogP contribution in [0.4, 0.5) is 0 Å². The second kappa shape index (κ2) is 6.58. The molecule has 0 saturated carbocycles. The van der Waals surface area contributed by atoms with E-state index in [4.69, 9.17) is 10.5 Å². The van der Waals surface area contributed by atoms with Crippen molar-refractivity contribution in [2.24, 2.45) is 5.73 Å². The van der Waals surface area contributed by atoms with E-state index in [1.807, 2.05) is 0 Å². The summed E-state index contributed by atoms with van der Waals surface area (Å²) in [6, 6.07) is 0. The quantitative estimate of drug-likeness (QED) is 0.607. The highest BCUT2D eigenvalue weighted by atomic mass is 16.5. The van der Waals surface area contributed by atoms with Crippen LogP contribution in [0.2, 0.25) is 0 Å². The van der Waals surface area contributed by atoms with E-state index >= 15 is 0 Å². The van der Waals surface area contributed by atoms with Crippen LogP contribution in [0, 0.1) is 0 Å². The van der Waals surface area contributed by atoms with Crippen molar-refractivity contribution in [3.8, 4) is 0 Å². The predicted octanol–water partition coefficient (Wildman–Crippen LogP) is 0.302. The SMILES string of the molecule is CCCN(C)CC(CN)OC. The van der Waals surface area contributed by atoms with Gasteiger partial charge in [0.05, 0.1) is 6.10 Å². The Morgan fingerprint density at radius 2 is 2.18 bits per heavy atom. The van der Waals surface area contributed by atoms with E-state index in [1.165, 1.54) is 6.42 Å². The minimum atomic E-state index is 0.187. The molecule has 0 fully saturated rings. The Kier molecular flexibility index (Phi) is 6.51. The van der Waals surface area contributed by atoms with E-state index in [2.05, 4.69) is 18.9 Å². The van der Waals surface area contributed by atoms with E-state index < -0.39 is 0 Å². The lowest BCUT2D eigenvalue weighted by molar-refractivity contribution is 0.0782. The van der Waals surface area contributed by atoms with Crippen LogP contribution < -0.4 is 5.73 Å². The molecule has 0 spiro atoms. The summed E-state index contributed by atoms with van der Waals surface area (Å²) >= 11 is 0. The van der Waals surface area contributed by atoms with E-state index in [-0.39, 0.29) is 6.10 Å². The summed E-state index contributed by atoms with van der Waals surface area (Å²) in [5.74, 6) is 0. The topological polar surface area (TPSA) is 38.5 Å². The zero-order chi connectivity index (χ0) is 8.69. The van der Waals surface area contributed by atoms with E-state index in [1.54, 1.807) is 7.11 Å². The molecule has 11 heavy (non-hydrogen) atoms. The molecule has 0 aliphatic rings. The lowest BCUT2D eigenvalue weighted by Gasteiger charge is -2.21. The van der Waals surface area contributed by atoms with Gasteiger partial charge in [0.2, 0.25) is 0 Å². The van der Waals surface area contributed by atoms with Gasteiger partial charge in [-0.05, 0) is 20.0 Å². The molecule has 0 radical (unpaired) electrons. The third-order valence-corrected chi connectivity index (χ3v) is 1.72. The molecule has 0 aliphatic carbocycles. The lowest BCUT2D eigenvalue weighted by Crippen LogP contribution is -2.35. The van der Waals surface area contributed by atoms with E-state index in [0.717, 1.165) is 13.1 Å². The summed E-state index contributed by atoms with van der Waals surface area (Å²) in [5, 5.41) is 0. The van der Waals surface area contributed by atoms with Crippen molar-refractivity contribution in [2.45, 2.75) is 19.4 Å². The number of likely N-dealkylation sites (N-methyl/N-ethyl adjacent to an activating group) is 1. The number of rotatable bonds is 6. The number of hydrogen-bond donors (Lipinski definition) is 1. The van der Waals surface area contributed by atoms with Gasteiger partial charge < -0.3 is 15.4 Å². The molecule has 0 aromatic heterocycles. The standard InChI is InChI=1S/C8H20N2O/c1-4-5-10(2)7-8(6-9)11-3/h8H,4-7,9H2,1-3H3. The fourth-order valence-electron chi connectivity index (χ4n) is 1.07. The van der Waals surface area contributed by atoms with Gasteiger partial charge in [0.25, 0.3) is 0 Å². The molecular formula is C8H20N2O. The van der Waals surface area contributed by atoms with Crippen molar-refractivity contribution in [1.82, 2.24) is 4.90 Å². The fraction of sp³-hybridized carbons (Fsp3) is 1.00. The first-order chi connectivity index (χ1) is 5.24. The van der Waals surface area contributed by atoms with Crippen molar-refractivity contribution < 1.29 is 4.74 Å². The summed E-state index contributed by atoms with van der Waals surface area (Å²) in [6.45, 7) is 4.81. The molecule has 0 aliphatic heterocycles. The third-order valence-electron chi connectivity index (χ3n) is 1.72. The summed E-state index contributed by atoms with van der Waals surface area (Å²) in [5.41, 5.74) is 5.48. The van der Waals surface area contributed by atoms with E-state index in [9.17, 15) is 0 Å². The molecule has 1 atom stereocenters. The zero-order valence-corrected chi connectivity index (χ0v) is 7.84. The van der Waals surface area contributed by atoms with Gasteiger partial charge in [-0.2, -0.15) is 0 Å². The zero-order valence-electron chi connectivity index (χ0n) is 7.84. The molecule has 0 bridgehead atoms. The van der Waals surface area contributed by atoms with Crippen LogP contribution in [0.15, 0.2) is 0 Å². The summed E-state index contributed by atoms with van der Waals surface area (Å²) in [6.07, 6.45) is 1.36. The largest absolute Gasteiger partial charge is 0.379 e. The Hall–Kier alpha value is -0.120. The summed E-state index contributed by atoms with van der Waals surface area (Å²) < 4.78 is 5.15. The van der Waals surface area contributed by atoms with Crippen LogP contribution in [0.1, 0.15) is 13.3 Å². The highest BCUT2D eigenvalue weighted by Crippen LogP contribution is 1.92. The monoisotopic (exact) mass is 160 g/mol. The molecule has 3 heteroatoms. The maximum Gasteiger partial charge on any atom is 0.0820 e. The Bertz CT molecular complexity index is 84.2. The van der Waals surface area contributed by atoms with Crippen molar-refractivity contribution in [1.29, 1.82) is 0 Å². The third kappa shape index (κ3) is 5.18. The van der Waals surface area contributed by atoms with Gasteiger partial charge in [0.1, 0.15) is 0 Å². The molecule has 0 heterocycles. The van der Waals surface area contributed by atoms with Crippen LogP contribution in [-0.4, -0.2) is 44.8 Å². The molecule has 0 rings (SSSR count). The minimum absolute atomic E-state index is 0.187. The van der Waals surface area contributed by atoms with Gasteiger partial charge in [0.15, 0.2) is 0 Å². The highest BCUT2D eigenvalue weighted by molar-refractivity contribution is 4.62. The first-order valence-electron chi connectivity index (χ1n) is 4.16. The number of nitrogens with two attached hydrogens (primary N) is 1. The number of methoxy groups -OCH3 is 1. The molecule has 68 valence electrons. The molecule has 0 aromatic carbocycles. The van der Waals surface area contributed by atoms with Crippen LogP contribution in [0.3, 0.4) is 0 Å². The fourth-order valence-corrected chi connectivity index (χ4v) is 1.07. The van der Waals surface area contributed by atoms with Gasteiger partial charge in [-0.1, -0.05) is 6.92 Å². The maximum absolute atomic E-state index is 5.48. The van der Waals surface area contributed by atoms with E-state index in [0.29, 0.717) is 6.54 Å². The average molecular weight is 160 g/mol. The first-order valence-corrected chi connectivity index (χ1v) is 4.16. The highest BCUT2D eigenvalue weighted by Gasteiger charge is 2.06. The van der Waals surface area contributed by atoms with Crippen LogP contribution >= 0.6 is 0 Å². The molecule has 0 saturated heterocycles. The molecule has 0 amide bonds. The Morgan fingerprint density at radius 1 is 1.55 bits per heavy atom. The summed E-state index contributed by atoms with van der Waals surface area (Å²) in [7, 11) is 3.79. The van der Waals surface area contributed by atoms with Crippen molar-refractivity contribution >= 4 is 0 Å². The molecular weight excluding hydrogens is 140 g/mol. The van der Waals surface area contributed by atoms with Crippen molar-refractivity contribution in [3.05, 3.63) is 0 Å². The smallest absolute Gasteiger partial charge is 0.0820 e. The van der Waals surface area contributed by atoms with Crippen LogP contribution in [0.5, 0.6) is 0 Å². The van der Waals surface area contributed by atoms with Crippen molar-refractivity contribution in [2.75, 3.05) is 33.8 Å². The van der Waals surface area contributed by atoms with Crippen LogP contribution in [0.25, 0.3) is 0 Å². The second-order valence-corrected chi connectivity index (χ2v) is 2.86. The van der Waals surface area contributed by atoms with Gasteiger partial charge in [-0.25, -0.2) is 0 Å². The summed E-state index contributed by atoms with van der Waals surface area (Å²) in [4.78, 5) is 2.24. The van der Waals surface area contributed by atoms with Crippen molar-refractivity contribution in [3.63, 3.8) is 0 Å². The number of nitrogens with zero attached hydrogens (tertiary/aromatic N) is 1. The Morgan fingerprint density at radius 3 is 2.55 bits per heavy atom. The van der Waals surface area contributed by atoms with Gasteiger partial charge in [-0.3, -0.25) is 0 Å². The van der Waals surface area contributed by atoms with Gasteiger partial charge in [0, 0.05) is 20.2 Å². The first kappa shape index (κ1) is 10.9. The molecule has 1 unspecified atom stereocenters. The Balaban J connectivity index is 3.44. The normalized spacial score (nSPS) is 13.9. The number of hydrogen-bond acceptors (Lipinski definition) is 3. The molecule has 0 aromatic rings. The average Bonchev–Trinajstić information content (AvgIpc) is 2.01. The predicted molar refractivity (Wildman–Crippen MR) is 47.6 cm³/mol. The molecule has 3 nitrogen and oxygen atoms in total. The lowest BCUT2D eigenvalue weighted by atomic mass is 10.3. The van der Waals surface area contributed by atoms with Crippen LogP contribution in [-0.2, 0) is 4.74 Å². The number of ether oxygens (including phenoxy) is 1. The molecule has 2 N–H and O–H groups in total. The Labute approximate surface area is 69.5 Å². The minimum Gasteiger partial charge on any atom is -0.379 e. The second-order valence-electron chi connectivity index (χ2n) is 2.86. The van der Waals surface area contributed by atoms with Gasteiger partial charge in [-0.15, -0.1) is 0 Å².